The largest absolute Gasteiger partial charge is 0.468 e. The van der Waals surface area contributed by atoms with E-state index in [1.54, 1.807) is 26.8 Å². The van der Waals surface area contributed by atoms with E-state index >= 15 is 0 Å². The van der Waals surface area contributed by atoms with Gasteiger partial charge in [-0.2, -0.15) is 0 Å². The number of carbonyl (C=O) groups is 3. The van der Waals surface area contributed by atoms with Crippen LogP contribution in [0, 0.1) is 32.1 Å². The molecular weight excluding hydrogens is 616 g/mol. The highest BCUT2D eigenvalue weighted by Gasteiger charge is 2.45. The first kappa shape index (κ1) is 34.5. The van der Waals surface area contributed by atoms with E-state index in [4.69, 9.17) is 19.2 Å². The van der Waals surface area contributed by atoms with Gasteiger partial charge in [-0.1, -0.05) is 24.3 Å². The Morgan fingerprint density at radius 1 is 0.766 bits per heavy atom. The molecule has 4 rings (SSSR count). The molecule has 0 bridgehead atoms. The van der Waals surface area contributed by atoms with Crippen LogP contribution in [0.2, 0.25) is 0 Å². The maximum Gasteiger partial charge on any atom is 0.344 e. The van der Waals surface area contributed by atoms with Crippen molar-refractivity contribution in [3.05, 3.63) is 102 Å². The molecule has 0 radical (unpaired) electrons. The number of nitro groups is 2. The zero-order valence-corrected chi connectivity index (χ0v) is 26.4. The average Bonchev–Trinajstić information content (AvgIpc) is 3.03. The number of hydrogen-bond donors (Lipinski definition) is 0. The van der Waals surface area contributed by atoms with Crippen molar-refractivity contribution in [1.29, 1.82) is 0 Å². The minimum Gasteiger partial charge on any atom is -0.468 e. The molecule has 0 aromatic heterocycles. The molecule has 0 spiro atoms. The van der Waals surface area contributed by atoms with Gasteiger partial charge in [-0.15, -0.1) is 0 Å². The number of rotatable bonds is 10. The molecule has 0 aliphatic carbocycles. The first-order chi connectivity index (χ1) is 22.3. The molecule has 2 aliphatic heterocycles. The number of benzene rings is 2. The summed E-state index contributed by atoms with van der Waals surface area (Å²) in [6, 6.07) is 11.1. The van der Waals surface area contributed by atoms with Crippen LogP contribution in [0.3, 0.4) is 0 Å². The average molecular weight is 649 g/mol. The van der Waals surface area contributed by atoms with Gasteiger partial charge < -0.3 is 9.47 Å². The van der Waals surface area contributed by atoms with Gasteiger partial charge in [0.2, 0.25) is 0 Å². The molecule has 2 aliphatic rings. The quantitative estimate of drug-likeness (QED) is 0.111. The minimum atomic E-state index is -1.17. The zero-order valence-electron chi connectivity index (χ0n) is 26.4. The first-order valence-electron chi connectivity index (χ1n) is 14.3. The standard InChI is InChI=1S/C32H32N4O11/c1-16-24(15-46-45-6)28(20-9-7-11-22(13-20)35(40)41)25(17(2)33-16)31(38)47-32(39)27-19(4)34-18(3)26(30(37)44-5)29(27)21-10-8-12-23(14-21)36(42)43/h7-14,24,26,28-29H,15H2,1-6H3. The van der Waals surface area contributed by atoms with Gasteiger partial charge in [0, 0.05) is 64.8 Å². The SMILES string of the molecule is COOCC1C(C)=NC(C)=C(C(=O)OC(=O)C2=C(C)N=C(C)C(C(=O)OC)C2c2cccc([N+](=O)[O-])c2)C1c1cccc([N+](=O)[O-])c1. The summed E-state index contributed by atoms with van der Waals surface area (Å²) >= 11 is 0. The fourth-order valence-electron chi connectivity index (χ4n) is 6.06. The summed E-state index contributed by atoms with van der Waals surface area (Å²) in [4.78, 5) is 81.9. The summed E-state index contributed by atoms with van der Waals surface area (Å²) in [6.45, 7) is 6.21. The molecule has 4 atom stereocenters. The molecule has 0 saturated heterocycles. The van der Waals surface area contributed by atoms with Crippen molar-refractivity contribution < 1.29 is 43.5 Å². The lowest BCUT2D eigenvalue weighted by Crippen LogP contribution is -2.37. The summed E-state index contributed by atoms with van der Waals surface area (Å²) in [6.07, 6.45) is 0. The van der Waals surface area contributed by atoms with Crippen LogP contribution in [-0.4, -0.2) is 60.0 Å². The summed E-state index contributed by atoms with van der Waals surface area (Å²) < 4.78 is 10.5. The van der Waals surface area contributed by atoms with Crippen molar-refractivity contribution in [1.82, 2.24) is 0 Å². The number of esters is 3. The molecule has 15 nitrogen and oxygen atoms in total. The second-order valence-corrected chi connectivity index (χ2v) is 10.9. The number of hydrogen-bond acceptors (Lipinski definition) is 13. The Kier molecular flexibility index (Phi) is 10.5. The van der Waals surface area contributed by atoms with Gasteiger partial charge in [0.1, 0.15) is 5.92 Å². The highest BCUT2D eigenvalue weighted by atomic mass is 17.2. The number of nitro benzene ring substituents is 2. The summed E-state index contributed by atoms with van der Waals surface area (Å²) in [5.74, 6) is -6.88. The number of methoxy groups -OCH3 is 1. The molecule has 2 aromatic rings. The van der Waals surface area contributed by atoms with E-state index in [-0.39, 0.29) is 51.8 Å². The van der Waals surface area contributed by atoms with Crippen molar-refractivity contribution in [2.45, 2.75) is 39.5 Å². The molecule has 0 amide bonds. The van der Waals surface area contributed by atoms with Crippen molar-refractivity contribution in [2.24, 2.45) is 21.8 Å². The van der Waals surface area contributed by atoms with E-state index < -0.39 is 51.4 Å². The van der Waals surface area contributed by atoms with Crippen molar-refractivity contribution in [3.8, 4) is 0 Å². The van der Waals surface area contributed by atoms with Crippen molar-refractivity contribution >= 4 is 40.7 Å². The number of nitrogens with zero attached hydrogens (tertiary/aromatic N) is 4. The fourth-order valence-corrected chi connectivity index (χ4v) is 6.06. The van der Waals surface area contributed by atoms with Gasteiger partial charge in [0.25, 0.3) is 11.4 Å². The van der Waals surface area contributed by atoms with Gasteiger partial charge in [0.15, 0.2) is 0 Å². The third-order valence-corrected chi connectivity index (χ3v) is 8.14. The summed E-state index contributed by atoms with van der Waals surface area (Å²) in [5, 5.41) is 23.2. The van der Waals surface area contributed by atoms with Crippen LogP contribution in [0.25, 0.3) is 0 Å². The molecule has 0 N–H and O–H groups in total. The maximum absolute atomic E-state index is 14.0. The zero-order chi connectivity index (χ0) is 34.6. The Labute approximate surface area is 268 Å². The summed E-state index contributed by atoms with van der Waals surface area (Å²) in [7, 11) is 2.46. The predicted molar refractivity (Wildman–Crippen MR) is 166 cm³/mol. The van der Waals surface area contributed by atoms with E-state index in [1.165, 1.54) is 56.5 Å². The van der Waals surface area contributed by atoms with Gasteiger partial charge in [0.05, 0.1) is 41.8 Å². The highest BCUT2D eigenvalue weighted by Crippen LogP contribution is 2.43. The molecular formula is C32H32N4O11. The van der Waals surface area contributed by atoms with Crippen LogP contribution >= 0.6 is 0 Å². The smallest absolute Gasteiger partial charge is 0.344 e. The monoisotopic (exact) mass is 648 g/mol. The van der Waals surface area contributed by atoms with E-state index in [1.807, 2.05) is 0 Å². The van der Waals surface area contributed by atoms with Crippen LogP contribution in [0.5, 0.6) is 0 Å². The Bertz CT molecular complexity index is 1780. The van der Waals surface area contributed by atoms with Crippen molar-refractivity contribution in [2.75, 3.05) is 20.8 Å². The topological polar surface area (TPSA) is 199 Å². The predicted octanol–water partition coefficient (Wildman–Crippen LogP) is 4.92. The maximum atomic E-state index is 14.0. The number of aliphatic imine (C=N–C) groups is 2. The molecule has 47 heavy (non-hydrogen) atoms. The van der Waals surface area contributed by atoms with Crippen LogP contribution < -0.4 is 0 Å². The number of allylic oxidation sites excluding steroid dienone is 2. The fraction of sp³-hybridized carbons (Fsp3) is 0.344. The third kappa shape index (κ3) is 7.05. The van der Waals surface area contributed by atoms with E-state index in [0.717, 1.165) is 7.11 Å². The molecule has 246 valence electrons. The second kappa shape index (κ2) is 14.3. The number of ether oxygens (including phenoxy) is 2. The Morgan fingerprint density at radius 2 is 1.26 bits per heavy atom. The van der Waals surface area contributed by atoms with Crippen LogP contribution in [0.1, 0.15) is 50.7 Å². The normalized spacial score (nSPS) is 21.1. The van der Waals surface area contributed by atoms with E-state index in [0.29, 0.717) is 11.3 Å². The van der Waals surface area contributed by atoms with Crippen LogP contribution in [0.4, 0.5) is 11.4 Å². The van der Waals surface area contributed by atoms with Crippen molar-refractivity contribution in [3.63, 3.8) is 0 Å². The minimum absolute atomic E-state index is 0.0562. The number of non-ortho nitro benzene ring substituents is 2. The Morgan fingerprint density at radius 3 is 1.74 bits per heavy atom. The van der Waals surface area contributed by atoms with E-state index in [9.17, 15) is 34.6 Å². The van der Waals surface area contributed by atoms with Gasteiger partial charge in [-0.25, -0.2) is 19.4 Å². The Hall–Kier alpha value is -5.41. The highest BCUT2D eigenvalue weighted by molar-refractivity contribution is 6.10. The van der Waals surface area contributed by atoms with Crippen LogP contribution in [0.15, 0.2) is 81.1 Å². The van der Waals surface area contributed by atoms with Gasteiger partial charge >= 0.3 is 17.9 Å². The molecule has 4 unspecified atom stereocenters. The van der Waals surface area contributed by atoms with Gasteiger partial charge in [-0.3, -0.25) is 35.0 Å². The first-order valence-corrected chi connectivity index (χ1v) is 14.3. The molecule has 2 aromatic carbocycles. The molecule has 0 fully saturated rings. The molecule has 2 heterocycles. The van der Waals surface area contributed by atoms with Gasteiger partial charge in [-0.05, 0) is 38.8 Å². The lowest BCUT2D eigenvalue weighted by Gasteiger charge is -2.33. The second-order valence-electron chi connectivity index (χ2n) is 10.9. The third-order valence-electron chi connectivity index (χ3n) is 8.14. The molecule has 0 saturated carbocycles. The molecule has 15 heteroatoms. The van der Waals surface area contributed by atoms with Crippen LogP contribution in [-0.2, 0) is 33.6 Å². The lowest BCUT2D eigenvalue weighted by atomic mass is 9.75. The van der Waals surface area contributed by atoms with E-state index in [2.05, 4.69) is 9.98 Å². The summed E-state index contributed by atoms with van der Waals surface area (Å²) in [5.41, 5.74) is 1.01. The lowest BCUT2D eigenvalue weighted by molar-refractivity contribution is -0.385. The number of carbonyl (C=O) groups excluding carboxylic acids is 3. The Balaban J connectivity index is 1.81.